The van der Waals surface area contributed by atoms with Gasteiger partial charge in [0.2, 0.25) is 0 Å². The topological polar surface area (TPSA) is 34.9 Å². The van der Waals surface area contributed by atoms with Gasteiger partial charge in [-0.15, -0.1) is 6.42 Å². The average molecular weight is 385 g/mol. The van der Waals surface area contributed by atoms with Gasteiger partial charge in [0.15, 0.2) is 5.16 Å². The van der Waals surface area contributed by atoms with Gasteiger partial charge in [-0.2, -0.15) is 0 Å². The van der Waals surface area contributed by atoms with E-state index in [1.165, 1.54) is 11.8 Å². The molecule has 3 rings (SSSR count). The van der Waals surface area contributed by atoms with Crippen molar-refractivity contribution in [1.29, 1.82) is 0 Å². The summed E-state index contributed by atoms with van der Waals surface area (Å²) in [6.45, 7) is 1.96. The lowest BCUT2D eigenvalue weighted by Gasteiger charge is -2.13. The molecule has 114 valence electrons. The van der Waals surface area contributed by atoms with E-state index in [1.54, 1.807) is 4.57 Å². The SMILES string of the molecule is C#CCSc1nc2ccc(C)cc2c(=O)n1-c1ccc(Br)cc1. The van der Waals surface area contributed by atoms with Gasteiger partial charge < -0.3 is 0 Å². The first-order valence-electron chi connectivity index (χ1n) is 6.96. The minimum absolute atomic E-state index is 0.0828. The molecule has 0 bridgehead atoms. The Morgan fingerprint density at radius 1 is 1.26 bits per heavy atom. The molecule has 0 unspecified atom stereocenters. The maximum atomic E-state index is 13.0. The van der Waals surface area contributed by atoms with Gasteiger partial charge in [0.05, 0.1) is 22.3 Å². The van der Waals surface area contributed by atoms with Crippen LogP contribution in [0.4, 0.5) is 0 Å². The molecule has 0 saturated heterocycles. The number of hydrogen-bond donors (Lipinski definition) is 0. The molecule has 0 aliphatic rings. The van der Waals surface area contributed by atoms with Crippen LogP contribution in [0.15, 0.2) is 56.9 Å². The van der Waals surface area contributed by atoms with Gasteiger partial charge in [-0.1, -0.05) is 45.2 Å². The van der Waals surface area contributed by atoms with Crippen molar-refractivity contribution in [2.24, 2.45) is 0 Å². The van der Waals surface area contributed by atoms with Crippen LogP contribution in [-0.4, -0.2) is 15.3 Å². The normalized spacial score (nSPS) is 10.7. The second-order valence-electron chi connectivity index (χ2n) is 5.02. The number of nitrogens with zero attached hydrogens (tertiary/aromatic N) is 2. The molecule has 0 fully saturated rings. The molecule has 1 heterocycles. The van der Waals surface area contributed by atoms with Crippen molar-refractivity contribution < 1.29 is 0 Å². The predicted molar refractivity (Wildman–Crippen MR) is 99.3 cm³/mol. The van der Waals surface area contributed by atoms with Crippen LogP contribution in [-0.2, 0) is 0 Å². The van der Waals surface area contributed by atoms with E-state index in [2.05, 4.69) is 26.8 Å². The highest BCUT2D eigenvalue weighted by molar-refractivity contribution is 9.10. The number of hydrogen-bond acceptors (Lipinski definition) is 3. The number of thioether (sulfide) groups is 1. The Morgan fingerprint density at radius 3 is 2.70 bits per heavy atom. The molecule has 23 heavy (non-hydrogen) atoms. The van der Waals surface area contributed by atoms with Crippen molar-refractivity contribution >= 4 is 38.6 Å². The molecule has 0 radical (unpaired) electrons. The summed E-state index contributed by atoms with van der Waals surface area (Å²) in [4.78, 5) is 17.6. The van der Waals surface area contributed by atoms with E-state index in [0.717, 1.165) is 15.7 Å². The van der Waals surface area contributed by atoms with Crippen LogP contribution in [0.1, 0.15) is 5.56 Å². The standard InChI is InChI=1S/C18H13BrN2OS/c1-3-10-23-18-20-16-9-4-12(2)11-15(16)17(22)21(18)14-7-5-13(19)6-8-14/h1,4-9,11H,10H2,2H3. The first kappa shape index (κ1) is 15.9. The summed E-state index contributed by atoms with van der Waals surface area (Å²) in [5, 5.41) is 1.21. The number of aromatic nitrogens is 2. The zero-order valence-corrected chi connectivity index (χ0v) is 14.8. The van der Waals surface area contributed by atoms with Crippen LogP contribution in [0, 0.1) is 19.3 Å². The van der Waals surface area contributed by atoms with E-state index in [0.29, 0.717) is 21.8 Å². The van der Waals surface area contributed by atoms with Crippen LogP contribution >= 0.6 is 27.7 Å². The van der Waals surface area contributed by atoms with Gasteiger partial charge in [-0.05, 0) is 43.3 Å². The second-order valence-corrected chi connectivity index (χ2v) is 6.88. The van der Waals surface area contributed by atoms with Crippen molar-refractivity contribution in [3.63, 3.8) is 0 Å². The van der Waals surface area contributed by atoms with Crippen molar-refractivity contribution in [1.82, 2.24) is 9.55 Å². The van der Waals surface area contributed by atoms with E-state index >= 15 is 0 Å². The molecule has 0 spiro atoms. The quantitative estimate of drug-likeness (QED) is 0.385. The Balaban J connectivity index is 2.31. The first-order valence-corrected chi connectivity index (χ1v) is 8.73. The minimum Gasteiger partial charge on any atom is -0.268 e. The lowest BCUT2D eigenvalue weighted by molar-refractivity contribution is 0.820. The van der Waals surface area contributed by atoms with Crippen LogP contribution in [0.3, 0.4) is 0 Å². The fourth-order valence-corrected chi connectivity index (χ4v) is 3.26. The van der Waals surface area contributed by atoms with Gasteiger partial charge in [-0.25, -0.2) is 4.98 Å². The number of aryl methyl sites for hydroxylation is 1. The molecule has 0 amide bonds. The summed E-state index contributed by atoms with van der Waals surface area (Å²) in [6.07, 6.45) is 5.36. The number of terminal acetylenes is 1. The molecule has 1 aromatic heterocycles. The van der Waals surface area contributed by atoms with Crippen molar-refractivity contribution in [2.75, 3.05) is 5.75 Å². The molecular formula is C18H13BrN2OS. The maximum Gasteiger partial charge on any atom is 0.266 e. The average Bonchev–Trinajstić information content (AvgIpc) is 2.55. The molecule has 3 nitrogen and oxygen atoms in total. The predicted octanol–water partition coefficient (Wildman–Crippen LogP) is 4.18. The summed E-state index contributed by atoms with van der Waals surface area (Å²) >= 11 is 4.79. The van der Waals surface area contributed by atoms with E-state index < -0.39 is 0 Å². The van der Waals surface area contributed by atoms with Crippen LogP contribution < -0.4 is 5.56 Å². The highest BCUT2D eigenvalue weighted by atomic mass is 79.9. The minimum atomic E-state index is -0.0828. The fourth-order valence-electron chi connectivity index (χ4n) is 2.30. The van der Waals surface area contributed by atoms with Gasteiger partial charge in [0.1, 0.15) is 0 Å². The summed E-state index contributed by atoms with van der Waals surface area (Å²) in [7, 11) is 0. The van der Waals surface area contributed by atoms with Gasteiger partial charge in [-0.3, -0.25) is 9.36 Å². The molecule has 3 aromatic rings. The zero-order valence-electron chi connectivity index (χ0n) is 12.4. The van der Waals surface area contributed by atoms with Crippen LogP contribution in [0.2, 0.25) is 0 Å². The monoisotopic (exact) mass is 384 g/mol. The summed E-state index contributed by atoms with van der Waals surface area (Å²) in [6, 6.07) is 13.3. The molecule has 2 aromatic carbocycles. The third-order valence-corrected chi connectivity index (χ3v) is 4.73. The molecule has 0 atom stereocenters. The van der Waals surface area contributed by atoms with Crippen molar-refractivity contribution in [3.05, 3.63) is 62.9 Å². The summed E-state index contributed by atoms with van der Waals surface area (Å²) < 4.78 is 2.58. The number of rotatable bonds is 3. The van der Waals surface area contributed by atoms with E-state index in [-0.39, 0.29) is 5.56 Å². The van der Waals surface area contributed by atoms with E-state index in [1.807, 2.05) is 49.4 Å². The maximum absolute atomic E-state index is 13.0. The van der Waals surface area contributed by atoms with Gasteiger partial charge in [0.25, 0.3) is 5.56 Å². The van der Waals surface area contributed by atoms with Crippen LogP contribution in [0.25, 0.3) is 16.6 Å². The highest BCUT2D eigenvalue weighted by Gasteiger charge is 2.13. The van der Waals surface area contributed by atoms with Crippen molar-refractivity contribution in [3.8, 4) is 18.0 Å². The molecule has 0 N–H and O–H groups in total. The summed E-state index contributed by atoms with van der Waals surface area (Å²) in [5.41, 5.74) is 2.41. The van der Waals surface area contributed by atoms with Gasteiger partial charge in [0, 0.05) is 4.47 Å². The Bertz CT molecular complexity index is 971. The molecule has 0 aliphatic carbocycles. The van der Waals surface area contributed by atoms with E-state index in [9.17, 15) is 4.79 Å². The summed E-state index contributed by atoms with van der Waals surface area (Å²) in [5.74, 6) is 3.04. The molecule has 5 heteroatoms. The number of benzene rings is 2. The Hall–Kier alpha value is -2.03. The molecular weight excluding hydrogens is 372 g/mol. The highest BCUT2D eigenvalue weighted by Crippen LogP contribution is 2.22. The lowest BCUT2D eigenvalue weighted by Crippen LogP contribution is -2.21. The first-order chi connectivity index (χ1) is 11.1. The van der Waals surface area contributed by atoms with E-state index in [4.69, 9.17) is 6.42 Å². The smallest absolute Gasteiger partial charge is 0.266 e. The Morgan fingerprint density at radius 2 is 2.00 bits per heavy atom. The second kappa shape index (κ2) is 6.61. The lowest BCUT2D eigenvalue weighted by atomic mass is 10.1. The van der Waals surface area contributed by atoms with Gasteiger partial charge >= 0.3 is 0 Å². The third-order valence-electron chi connectivity index (χ3n) is 3.36. The Kier molecular flexibility index (Phi) is 4.56. The number of halogens is 1. The molecule has 0 aliphatic heterocycles. The largest absolute Gasteiger partial charge is 0.268 e. The fraction of sp³-hybridized carbons (Fsp3) is 0.111. The molecule has 0 saturated carbocycles. The number of fused-ring (bicyclic) bond motifs is 1. The Labute approximate surface area is 146 Å². The third kappa shape index (κ3) is 3.19. The zero-order chi connectivity index (χ0) is 16.4. The van der Waals surface area contributed by atoms with Crippen LogP contribution in [0.5, 0.6) is 0 Å². The van der Waals surface area contributed by atoms with Crippen molar-refractivity contribution in [2.45, 2.75) is 12.1 Å².